The van der Waals surface area contributed by atoms with Crippen LogP contribution in [-0.2, 0) is 5.75 Å². The fourth-order valence-corrected chi connectivity index (χ4v) is 2.96. The van der Waals surface area contributed by atoms with Gasteiger partial charge in [-0.25, -0.2) is 0 Å². The number of para-hydroxylation sites is 1. The molecule has 0 radical (unpaired) electrons. The lowest BCUT2D eigenvalue weighted by Gasteiger charge is -2.09. The highest BCUT2D eigenvalue weighted by atomic mass is 32.2. The number of nitro groups is 1. The Morgan fingerprint density at radius 1 is 1.12 bits per heavy atom. The molecule has 0 unspecified atom stereocenters. The topological polar surface area (TPSA) is 120 Å². The van der Waals surface area contributed by atoms with Gasteiger partial charge >= 0.3 is 0 Å². The summed E-state index contributed by atoms with van der Waals surface area (Å²) in [5.41, 5.74) is 7.80. The summed E-state index contributed by atoms with van der Waals surface area (Å²) in [4.78, 5) is 23.8. The van der Waals surface area contributed by atoms with Crippen LogP contribution in [0.25, 0.3) is 0 Å². The Hall–Kier alpha value is -3.20. The molecule has 0 atom stereocenters. The molecule has 0 saturated carbocycles. The number of nitro benzene ring substituents is 1. The van der Waals surface area contributed by atoms with Gasteiger partial charge in [0.15, 0.2) is 0 Å². The van der Waals surface area contributed by atoms with Crippen molar-refractivity contribution in [2.45, 2.75) is 17.6 Å². The molecule has 0 fully saturated rings. The van der Waals surface area contributed by atoms with Gasteiger partial charge < -0.3 is 11.1 Å². The van der Waals surface area contributed by atoms with Crippen molar-refractivity contribution in [3.63, 3.8) is 0 Å². The van der Waals surface area contributed by atoms with E-state index in [-0.39, 0.29) is 11.6 Å². The Morgan fingerprint density at radius 2 is 1.85 bits per heavy atom. The number of nitrogens with one attached hydrogen (secondary N) is 1. The number of nitrogens with zero attached hydrogens (tertiary/aromatic N) is 4. The lowest BCUT2D eigenvalue weighted by molar-refractivity contribution is -0.384. The van der Waals surface area contributed by atoms with E-state index in [1.807, 2.05) is 31.2 Å². The first-order valence-corrected chi connectivity index (χ1v) is 8.70. The highest BCUT2D eigenvalue weighted by Crippen LogP contribution is 2.25. The standard InChI is InChI=1S/C17H16N6O2S/c1-11-4-2-3-5-14(11)19-17-21-15(20-16(18)22-17)10-26-13-8-6-12(7-9-13)23(24)25/h2-9H,10H2,1H3,(H3,18,19,20,21,22). The fourth-order valence-electron chi connectivity index (χ4n) is 2.20. The first kappa shape index (κ1) is 17.6. The average Bonchev–Trinajstić information content (AvgIpc) is 2.62. The van der Waals surface area contributed by atoms with Gasteiger partial charge in [0.2, 0.25) is 11.9 Å². The van der Waals surface area contributed by atoms with Gasteiger partial charge in [0.1, 0.15) is 5.82 Å². The molecule has 8 nitrogen and oxygen atoms in total. The third-order valence-corrected chi connectivity index (χ3v) is 4.51. The molecule has 1 heterocycles. The van der Waals surface area contributed by atoms with Gasteiger partial charge in [-0.1, -0.05) is 18.2 Å². The molecule has 3 N–H and O–H groups in total. The van der Waals surface area contributed by atoms with E-state index in [0.717, 1.165) is 16.1 Å². The van der Waals surface area contributed by atoms with E-state index in [1.165, 1.54) is 23.9 Å². The van der Waals surface area contributed by atoms with Crippen LogP contribution in [0, 0.1) is 17.0 Å². The van der Waals surface area contributed by atoms with Crippen molar-refractivity contribution >= 4 is 35.0 Å². The van der Waals surface area contributed by atoms with E-state index in [0.29, 0.717) is 17.5 Å². The molecule has 1 aromatic heterocycles. The zero-order valence-electron chi connectivity index (χ0n) is 13.9. The van der Waals surface area contributed by atoms with Crippen LogP contribution in [0.1, 0.15) is 11.4 Å². The third-order valence-electron chi connectivity index (χ3n) is 3.51. The van der Waals surface area contributed by atoms with Crippen LogP contribution in [0.5, 0.6) is 0 Å². The molecule has 2 aromatic carbocycles. The molecule has 9 heteroatoms. The molecular weight excluding hydrogens is 352 g/mol. The van der Waals surface area contributed by atoms with Crippen molar-refractivity contribution in [2.24, 2.45) is 0 Å². The minimum atomic E-state index is -0.426. The molecule has 26 heavy (non-hydrogen) atoms. The molecule has 3 rings (SSSR count). The maximum Gasteiger partial charge on any atom is 0.269 e. The number of thioether (sulfide) groups is 1. The van der Waals surface area contributed by atoms with Crippen molar-refractivity contribution < 1.29 is 4.92 Å². The number of rotatable bonds is 6. The molecule has 0 amide bonds. The maximum absolute atomic E-state index is 10.7. The lowest BCUT2D eigenvalue weighted by atomic mass is 10.2. The number of benzene rings is 2. The quantitative estimate of drug-likeness (QED) is 0.384. The normalized spacial score (nSPS) is 10.5. The Balaban J connectivity index is 1.71. The highest BCUT2D eigenvalue weighted by molar-refractivity contribution is 7.98. The summed E-state index contributed by atoms with van der Waals surface area (Å²) < 4.78 is 0. The number of aryl methyl sites for hydroxylation is 1. The maximum atomic E-state index is 10.7. The molecule has 3 aromatic rings. The second-order valence-electron chi connectivity index (χ2n) is 5.41. The number of anilines is 3. The average molecular weight is 368 g/mol. The highest BCUT2D eigenvalue weighted by Gasteiger charge is 2.08. The van der Waals surface area contributed by atoms with Crippen LogP contribution >= 0.6 is 11.8 Å². The Bertz CT molecular complexity index is 933. The molecule has 0 spiro atoms. The molecule has 0 saturated heterocycles. The number of nitrogen functional groups attached to an aromatic ring is 1. The summed E-state index contributed by atoms with van der Waals surface area (Å²) in [6, 6.07) is 14.1. The second-order valence-corrected chi connectivity index (χ2v) is 6.46. The Morgan fingerprint density at radius 3 is 2.54 bits per heavy atom. The zero-order chi connectivity index (χ0) is 18.5. The number of hydrogen-bond donors (Lipinski definition) is 2. The zero-order valence-corrected chi connectivity index (χ0v) is 14.7. The molecular formula is C17H16N6O2S. The van der Waals surface area contributed by atoms with Crippen LogP contribution in [-0.4, -0.2) is 19.9 Å². The molecule has 0 aliphatic rings. The molecule has 0 bridgehead atoms. The van der Waals surface area contributed by atoms with Gasteiger partial charge in [0.05, 0.1) is 10.7 Å². The van der Waals surface area contributed by atoms with E-state index in [1.54, 1.807) is 12.1 Å². The van der Waals surface area contributed by atoms with Crippen LogP contribution in [0.2, 0.25) is 0 Å². The largest absolute Gasteiger partial charge is 0.368 e. The number of nitrogens with two attached hydrogens (primary N) is 1. The van der Waals surface area contributed by atoms with Gasteiger partial charge in [-0.15, -0.1) is 11.8 Å². The van der Waals surface area contributed by atoms with E-state index >= 15 is 0 Å². The minimum absolute atomic E-state index is 0.0588. The smallest absolute Gasteiger partial charge is 0.269 e. The van der Waals surface area contributed by atoms with E-state index in [2.05, 4.69) is 20.3 Å². The molecule has 132 valence electrons. The van der Waals surface area contributed by atoms with Crippen molar-refractivity contribution in [1.82, 2.24) is 15.0 Å². The summed E-state index contributed by atoms with van der Waals surface area (Å²) in [5, 5.41) is 13.8. The van der Waals surface area contributed by atoms with Crippen molar-refractivity contribution in [1.29, 1.82) is 0 Å². The first-order valence-electron chi connectivity index (χ1n) is 7.71. The number of hydrogen-bond acceptors (Lipinski definition) is 8. The van der Waals surface area contributed by atoms with E-state index in [4.69, 9.17) is 5.73 Å². The summed E-state index contributed by atoms with van der Waals surface area (Å²) in [6.07, 6.45) is 0. The van der Waals surface area contributed by atoms with Crippen LogP contribution in [0.15, 0.2) is 53.4 Å². The predicted molar refractivity (Wildman–Crippen MR) is 101 cm³/mol. The van der Waals surface area contributed by atoms with Crippen molar-refractivity contribution in [3.05, 3.63) is 70.0 Å². The second kappa shape index (κ2) is 7.79. The summed E-state index contributed by atoms with van der Waals surface area (Å²) in [5.74, 6) is 1.51. The Labute approximate surface area is 154 Å². The van der Waals surface area contributed by atoms with Gasteiger partial charge in [-0.05, 0) is 30.7 Å². The van der Waals surface area contributed by atoms with Crippen molar-refractivity contribution in [3.8, 4) is 0 Å². The van der Waals surface area contributed by atoms with Crippen LogP contribution in [0.4, 0.5) is 23.3 Å². The molecule has 0 aliphatic carbocycles. The monoisotopic (exact) mass is 368 g/mol. The number of aromatic nitrogens is 3. The Kier molecular flexibility index (Phi) is 5.28. The van der Waals surface area contributed by atoms with Gasteiger partial charge in [0, 0.05) is 22.7 Å². The van der Waals surface area contributed by atoms with E-state index < -0.39 is 4.92 Å². The first-order chi connectivity index (χ1) is 12.5. The van der Waals surface area contributed by atoms with Gasteiger partial charge in [-0.2, -0.15) is 15.0 Å². The van der Waals surface area contributed by atoms with Crippen molar-refractivity contribution in [2.75, 3.05) is 11.1 Å². The van der Waals surface area contributed by atoms with Crippen LogP contribution in [0.3, 0.4) is 0 Å². The fraction of sp³-hybridized carbons (Fsp3) is 0.118. The van der Waals surface area contributed by atoms with Crippen LogP contribution < -0.4 is 11.1 Å². The summed E-state index contributed by atoms with van der Waals surface area (Å²) in [7, 11) is 0. The SMILES string of the molecule is Cc1ccccc1Nc1nc(N)nc(CSc2ccc([N+](=O)[O-])cc2)n1. The minimum Gasteiger partial charge on any atom is -0.368 e. The van der Waals surface area contributed by atoms with E-state index in [9.17, 15) is 10.1 Å². The summed E-state index contributed by atoms with van der Waals surface area (Å²) in [6.45, 7) is 1.98. The van der Waals surface area contributed by atoms with Gasteiger partial charge in [0.25, 0.3) is 5.69 Å². The lowest BCUT2D eigenvalue weighted by Crippen LogP contribution is -2.07. The molecule has 0 aliphatic heterocycles. The van der Waals surface area contributed by atoms with Gasteiger partial charge in [-0.3, -0.25) is 10.1 Å². The predicted octanol–water partition coefficient (Wildman–Crippen LogP) is 3.71. The third kappa shape index (κ3) is 4.45. The summed E-state index contributed by atoms with van der Waals surface area (Å²) >= 11 is 1.46. The number of non-ortho nitro benzene ring substituents is 1.